The molecule has 3 amide bonds. The molecule has 2 fully saturated rings. The van der Waals surface area contributed by atoms with Gasteiger partial charge in [0.15, 0.2) is 0 Å². The molecule has 0 bridgehead atoms. The molecule has 0 radical (unpaired) electrons. The first-order chi connectivity index (χ1) is 31.8. The first-order valence-electron chi connectivity index (χ1n) is 25.9. The van der Waals surface area contributed by atoms with Gasteiger partial charge in [-0.25, -0.2) is 9.59 Å². The molecule has 16 heteroatoms. The number of carboxylic acid groups (broad SMARTS) is 1. The second-order valence-corrected chi connectivity index (χ2v) is 22.0. The van der Waals surface area contributed by atoms with Gasteiger partial charge in [-0.3, -0.25) is 29.0 Å². The Morgan fingerprint density at radius 3 is 1.36 bits per heavy atom. The van der Waals surface area contributed by atoms with Crippen molar-refractivity contribution in [1.29, 1.82) is 0 Å². The van der Waals surface area contributed by atoms with Crippen LogP contribution in [0.15, 0.2) is 23.3 Å². The molecule has 0 aromatic carbocycles. The number of halogens is 1. The van der Waals surface area contributed by atoms with Crippen molar-refractivity contribution in [3.63, 3.8) is 0 Å². The Labute approximate surface area is 431 Å². The number of piperidine rings is 2. The average molecular weight is 1010 g/mol. The van der Waals surface area contributed by atoms with E-state index in [4.69, 9.17) is 20.3 Å². The molecule has 2 heterocycles. The molecule has 5 unspecified atom stereocenters. The molecule has 0 aromatic heterocycles. The van der Waals surface area contributed by atoms with Crippen LogP contribution in [0.3, 0.4) is 0 Å². The van der Waals surface area contributed by atoms with Gasteiger partial charge in [0.1, 0.15) is 12.1 Å². The summed E-state index contributed by atoms with van der Waals surface area (Å²) in [6, 6.07) is -1.49. The number of likely N-dealkylation sites (N-methyl/N-ethyl adjacent to an activating group) is 2. The van der Waals surface area contributed by atoms with Crippen LogP contribution in [0.5, 0.6) is 0 Å². The first-order valence-corrected chi connectivity index (χ1v) is 25.9. The summed E-state index contributed by atoms with van der Waals surface area (Å²) in [5.41, 5.74) is 6.26. The fourth-order valence-corrected chi connectivity index (χ4v) is 8.59. The van der Waals surface area contributed by atoms with Gasteiger partial charge in [0.25, 0.3) is 0 Å². The molecular weight excluding hydrogens is 912 g/mol. The van der Waals surface area contributed by atoms with Gasteiger partial charge < -0.3 is 35.4 Å². The van der Waals surface area contributed by atoms with Crippen molar-refractivity contribution in [2.45, 2.75) is 224 Å². The molecule has 4 N–H and O–H groups in total. The van der Waals surface area contributed by atoms with Gasteiger partial charge in [-0.1, -0.05) is 108 Å². The van der Waals surface area contributed by atoms with Crippen LogP contribution in [-0.4, -0.2) is 149 Å². The Morgan fingerprint density at radius 2 is 1.03 bits per heavy atom. The van der Waals surface area contributed by atoms with E-state index in [2.05, 4.69) is 42.8 Å². The third-order valence-corrected chi connectivity index (χ3v) is 13.6. The SMILES string of the molecule is CCC(C)N1CCCC[C@@H]1C(=O)O.CCOC(=O)/C(C)=C/[C@H](C(C)C)N(C)C(=O)C(N)C(C)(C)C.CCOC(=O)/C(C)=C/[C@H](C(C)C)N(C)C(=O)C(NC(=O)C1CCCCN1C(C)CC)C(C)(C)C.Cl. The molecule has 2 rings (SSSR count). The molecule has 0 aromatic rings. The molecule has 2 saturated heterocycles. The van der Waals surface area contributed by atoms with Gasteiger partial charge >= 0.3 is 17.9 Å². The number of ether oxygens (including phenoxy) is 2. The first kappa shape index (κ1) is 68.5. The van der Waals surface area contributed by atoms with E-state index in [0.29, 0.717) is 36.4 Å². The zero-order chi connectivity index (χ0) is 53.7. The number of nitrogens with two attached hydrogens (primary N) is 1. The van der Waals surface area contributed by atoms with E-state index in [0.717, 1.165) is 64.5 Å². The van der Waals surface area contributed by atoms with E-state index in [1.54, 1.807) is 63.7 Å². The highest BCUT2D eigenvalue weighted by Crippen LogP contribution is 2.27. The fourth-order valence-electron chi connectivity index (χ4n) is 8.59. The standard InChI is InChI=1S/C27H49N3O4.C17H32N2O3.C10H19NO2.ClH/c1-11-20(6)30-16-14-13-15-21(30)24(31)28-23(27(7,8)9)25(32)29(10)22(18(3)4)17-19(5)26(33)34-12-2;1-9-22-16(21)12(4)10-13(11(2)3)19(8)15(20)14(18)17(5,6)7;1-3-8(2)11-7-5-4-6-9(11)10(12)13;/h17-18,20-23H,11-16H2,1-10H3,(H,28,31);10-11,13-14H,9,18H2,1-8H3;8-9H,3-7H2,1-2H3,(H,12,13);1H/b19-17+;12-10+;;/t20?,21?,22-,23?;13-,14?;8?,9-;/m111./s1. The summed E-state index contributed by atoms with van der Waals surface area (Å²) >= 11 is 0. The highest BCUT2D eigenvalue weighted by Gasteiger charge is 2.40. The Morgan fingerprint density at radius 1 is 0.657 bits per heavy atom. The number of aliphatic carboxylic acids is 1. The van der Waals surface area contributed by atoms with Gasteiger partial charge in [-0.2, -0.15) is 0 Å². The van der Waals surface area contributed by atoms with Gasteiger partial charge in [0.2, 0.25) is 17.7 Å². The van der Waals surface area contributed by atoms with Crippen LogP contribution in [0.4, 0.5) is 0 Å². The van der Waals surface area contributed by atoms with Crippen molar-refractivity contribution >= 4 is 48.0 Å². The van der Waals surface area contributed by atoms with E-state index >= 15 is 0 Å². The third kappa shape index (κ3) is 22.1. The van der Waals surface area contributed by atoms with Crippen molar-refractivity contribution in [2.24, 2.45) is 28.4 Å². The van der Waals surface area contributed by atoms with Gasteiger partial charge in [0, 0.05) is 37.3 Å². The van der Waals surface area contributed by atoms with Crippen LogP contribution in [0.1, 0.15) is 176 Å². The number of esters is 2. The predicted molar refractivity (Wildman–Crippen MR) is 285 cm³/mol. The molecule has 2 aliphatic heterocycles. The molecule has 8 atom stereocenters. The number of hydrogen-bond acceptors (Lipinski definition) is 11. The summed E-state index contributed by atoms with van der Waals surface area (Å²) in [5.74, 6) is -1.50. The zero-order valence-electron chi connectivity index (χ0n) is 47.4. The average Bonchev–Trinajstić information content (AvgIpc) is 3.29. The summed E-state index contributed by atoms with van der Waals surface area (Å²) < 4.78 is 10.1. The number of carbonyl (C=O) groups is 6. The molecule has 0 aliphatic carbocycles. The number of carboxylic acids is 1. The van der Waals surface area contributed by atoms with E-state index in [9.17, 15) is 28.8 Å². The Bertz CT molecular complexity index is 1690. The predicted octanol–water partition coefficient (Wildman–Crippen LogP) is 8.66. The molecule has 70 heavy (non-hydrogen) atoms. The maximum Gasteiger partial charge on any atom is 0.333 e. The van der Waals surface area contributed by atoms with Gasteiger partial charge in [-0.05, 0) is 116 Å². The highest BCUT2D eigenvalue weighted by atomic mass is 35.5. The van der Waals surface area contributed by atoms with E-state index in [1.165, 1.54) is 0 Å². The summed E-state index contributed by atoms with van der Waals surface area (Å²) in [6.45, 7) is 37.7. The molecule has 2 aliphatic rings. The van der Waals surface area contributed by atoms with Crippen molar-refractivity contribution < 1.29 is 43.3 Å². The van der Waals surface area contributed by atoms with Crippen LogP contribution < -0.4 is 11.1 Å². The number of rotatable bonds is 19. The molecule has 0 spiro atoms. The number of amides is 3. The lowest BCUT2D eigenvalue weighted by atomic mass is 9.84. The minimum absolute atomic E-state index is 0. The molecule has 0 saturated carbocycles. The highest BCUT2D eigenvalue weighted by molar-refractivity contribution is 5.91. The summed E-state index contributed by atoms with van der Waals surface area (Å²) in [4.78, 5) is 82.4. The van der Waals surface area contributed by atoms with E-state index < -0.39 is 23.5 Å². The fraction of sp³-hybridized carbons (Fsp3) is 0.815. The van der Waals surface area contributed by atoms with Crippen LogP contribution in [0.25, 0.3) is 0 Å². The lowest BCUT2D eigenvalue weighted by Crippen LogP contribution is -2.60. The molecule has 408 valence electrons. The van der Waals surface area contributed by atoms with E-state index in [1.807, 2.05) is 69.2 Å². The second-order valence-electron chi connectivity index (χ2n) is 22.0. The number of likely N-dealkylation sites (tertiary alicyclic amines) is 2. The third-order valence-electron chi connectivity index (χ3n) is 13.6. The van der Waals surface area contributed by atoms with Crippen LogP contribution in [-0.2, 0) is 38.2 Å². The van der Waals surface area contributed by atoms with Crippen LogP contribution in [0, 0.1) is 22.7 Å². The quantitative estimate of drug-likeness (QED) is 0.0826. The van der Waals surface area contributed by atoms with Crippen LogP contribution in [0.2, 0.25) is 0 Å². The number of nitrogens with one attached hydrogen (secondary N) is 1. The van der Waals surface area contributed by atoms with Gasteiger partial charge in [0.05, 0.1) is 37.4 Å². The maximum absolute atomic E-state index is 13.8. The van der Waals surface area contributed by atoms with Crippen molar-refractivity contribution in [1.82, 2.24) is 24.9 Å². The lowest BCUT2D eigenvalue weighted by Gasteiger charge is -2.41. The second kappa shape index (κ2) is 32.5. The number of hydrogen-bond donors (Lipinski definition) is 3. The zero-order valence-corrected chi connectivity index (χ0v) is 48.2. The Kier molecular flexibility index (Phi) is 31.8. The number of carbonyl (C=O) groups excluding carboxylic acids is 5. The number of nitrogens with zero attached hydrogens (tertiary/aromatic N) is 4. The molecule has 15 nitrogen and oxygen atoms in total. The lowest BCUT2D eigenvalue weighted by molar-refractivity contribution is -0.146. The van der Waals surface area contributed by atoms with Crippen LogP contribution >= 0.6 is 12.4 Å². The van der Waals surface area contributed by atoms with Crippen molar-refractivity contribution in [3.05, 3.63) is 23.3 Å². The smallest absolute Gasteiger partial charge is 0.333 e. The largest absolute Gasteiger partial charge is 0.480 e. The summed E-state index contributed by atoms with van der Waals surface area (Å²) in [5, 5.41) is 12.1. The van der Waals surface area contributed by atoms with Gasteiger partial charge in [-0.15, -0.1) is 12.4 Å². The maximum atomic E-state index is 13.8. The Hall–Kier alpha value is -3.53. The van der Waals surface area contributed by atoms with Crippen molar-refractivity contribution in [3.8, 4) is 0 Å². The minimum atomic E-state index is -0.678. The summed E-state index contributed by atoms with van der Waals surface area (Å²) in [7, 11) is 3.48. The summed E-state index contributed by atoms with van der Waals surface area (Å²) in [6.07, 6.45) is 11.6. The van der Waals surface area contributed by atoms with Crippen molar-refractivity contribution in [2.75, 3.05) is 40.4 Å². The molecular formula is C54H101ClN6O9. The normalized spacial score (nSPS) is 19.8. The Balaban J connectivity index is 0. The minimum Gasteiger partial charge on any atom is -0.480 e. The van der Waals surface area contributed by atoms with E-state index in [-0.39, 0.29) is 83.5 Å². The monoisotopic (exact) mass is 1010 g/mol. The topological polar surface area (TPSA) is 192 Å².